The Balaban J connectivity index is 1.22. The Hall–Kier alpha value is -2.69. The number of aliphatic hydroxyl groups is 1. The largest absolute Gasteiger partial charge is 0.416 e. The predicted molar refractivity (Wildman–Crippen MR) is 148 cm³/mol. The topological polar surface area (TPSA) is 63.2 Å². The van der Waals surface area contributed by atoms with Gasteiger partial charge in [-0.25, -0.2) is 0 Å². The number of aromatic nitrogens is 1. The van der Waals surface area contributed by atoms with E-state index < -0.39 is 11.7 Å². The van der Waals surface area contributed by atoms with Crippen LogP contribution in [0.5, 0.6) is 0 Å². The molecule has 1 amide bonds. The van der Waals surface area contributed by atoms with Gasteiger partial charge in [0, 0.05) is 82.9 Å². The van der Waals surface area contributed by atoms with Gasteiger partial charge in [0.15, 0.2) is 0 Å². The van der Waals surface area contributed by atoms with Gasteiger partial charge in [-0.05, 0) is 68.0 Å². The third kappa shape index (κ3) is 7.33. The minimum absolute atomic E-state index is 0.171. The monoisotopic (exact) mass is 559 g/mol. The molecule has 2 atom stereocenters. The summed E-state index contributed by atoms with van der Waals surface area (Å²) in [5.41, 5.74) is 1.19. The van der Waals surface area contributed by atoms with Gasteiger partial charge in [-0.3, -0.25) is 19.6 Å². The lowest BCUT2D eigenvalue weighted by Crippen LogP contribution is -2.56. The smallest absolute Gasteiger partial charge is 0.393 e. The van der Waals surface area contributed by atoms with E-state index in [2.05, 4.69) is 20.9 Å². The lowest BCUT2D eigenvalue weighted by molar-refractivity contribution is -0.137. The minimum atomic E-state index is -4.35. The zero-order valence-electron chi connectivity index (χ0n) is 23.0. The number of amides is 1. The summed E-state index contributed by atoms with van der Waals surface area (Å²) < 4.78 is 39.7. The van der Waals surface area contributed by atoms with Crippen LogP contribution in [0.1, 0.15) is 43.2 Å². The minimum Gasteiger partial charge on any atom is -0.393 e. The summed E-state index contributed by atoms with van der Waals surface area (Å²) in [5.74, 6) is 0.495. The van der Waals surface area contributed by atoms with E-state index in [4.69, 9.17) is 0 Å². The standard InChI is InChI=1S/C30H40F3N5O2/c31-30(32,33)25-4-1-5-26(19-25)36-15-17-37(18-16-36)28-10-12-35(21-23-3-2-11-34-20-23)22-24(28)6-7-29(40)38-13-8-27(39)9-14-38/h1-5,11,19-20,24,27-28,39H,6-10,12-18,21-22H2/t24-,28+/m1/s1. The van der Waals surface area contributed by atoms with E-state index in [1.165, 1.54) is 17.7 Å². The number of rotatable bonds is 7. The Kier molecular flexibility index (Phi) is 9.27. The lowest BCUT2D eigenvalue weighted by Gasteiger charge is -2.47. The van der Waals surface area contributed by atoms with E-state index in [0.717, 1.165) is 51.6 Å². The number of alkyl halides is 3. The summed E-state index contributed by atoms with van der Waals surface area (Å²) in [6.45, 7) is 6.88. The molecule has 40 heavy (non-hydrogen) atoms. The summed E-state index contributed by atoms with van der Waals surface area (Å²) in [6, 6.07) is 10.0. The van der Waals surface area contributed by atoms with Crippen molar-refractivity contribution in [2.45, 2.75) is 57.0 Å². The van der Waals surface area contributed by atoms with E-state index in [9.17, 15) is 23.1 Å². The van der Waals surface area contributed by atoms with Gasteiger partial charge in [-0.15, -0.1) is 0 Å². The highest BCUT2D eigenvalue weighted by Crippen LogP contribution is 2.33. The van der Waals surface area contributed by atoms with Crippen LogP contribution in [-0.4, -0.2) is 95.2 Å². The van der Waals surface area contributed by atoms with Gasteiger partial charge >= 0.3 is 6.18 Å². The molecule has 1 N–H and O–H groups in total. The van der Waals surface area contributed by atoms with Crippen molar-refractivity contribution in [2.75, 3.05) is 57.3 Å². The van der Waals surface area contributed by atoms with E-state index in [-0.39, 0.29) is 12.0 Å². The number of benzene rings is 1. The third-order valence-electron chi connectivity index (χ3n) is 8.78. The van der Waals surface area contributed by atoms with Crippen molar-refractivity contribution < 1.29 is 23.1 Å². The van der Waals surface area contributed by atoms with Crippen LogP contribution in [0.15, 0.2) is 48.8 Å². The normalized spacial score (nSPS) is 23.9. The molecule has 10 heteroatoms. The van der Waals surface area contributed by atoms with Gasteiger partial charge in [0.2, 0.25) is 5.91 Å². The van der Waals surface area contributed by atoms with Crippen LogP contribution in [0.25, 0.3) is 0 Å². The number of hydrogen-bond acceptors (Lipinski definition) is 6. The molecule has 1 aromatic carbocycles. The third-order valence-corrected chi connectivity index (χ3v) is 8.78. The maximum atomic E-state index is 13.2. The van der Waals surface area contributed by atoms with Gasteiger partial charge in [0.1, 0.15) is 0 Å². The highest BCUT2D eigenvalue weighted by molar-refractivity contribution is 5.76. The average molecular weight is 560 g/mol. The molecule has 3 fully saturated rings. The SMILES string of the molecule is O=C(CC[C@@H]1CN(Cc2cccnc2)CC[C@@H]1N1CCN(c2cccc(C(F)(F)F)c2)CC1)N1CCC(O)CC1. The number of aliphatic hydroxyl groups excluding tert-OH is 1. The number of nitrogens with zero attached hydrogens (tertiary/aromatic N) is 5. The molecule has 0 radical (unpaired) electrons. The van der Waals surface area contributed by atoms with Crippen molar-refractivity contribution in [3.63, 3.8) is 0 Å². The second-order valence-corrected chi connectivity index (χ2v) is 11.4. The molecule has 7 nitrogen and oxygen atoms in total. The Morgan fingerprint density at radius 1 is 0.975 bits per heavy atom. The van der Waals surface area contributed by atoms with Gasteiger partial charge in [-0.1, -0.05) is 12.1 Å². The molecular weight excluding hydrogens is 519 g/mol. The number of anilines is 1. The predicted octanol–water partition coefficient (Wildman–Crippen LogP) is 3.88. The van der Waals surface area contributed by atoms with Gasteiger partial charge in [-0.2, -0.15) is 13.2 Å². The van der Waals surface area contributed by atoms with Crippen LogP contribution >= 0.6 is 0 Å². The number of hydrogen-bond donors (Lipinski definition) is 1. The highest BCUT2D eigenvalue weighted by atomic mass is 19.4. The number of carbonyl (C=O) groups excluding carboxylic acids is 1. The maximum absolute atomic E-state index is 13.2. The molecule has 2 aromatic rings. The van der Waals surface area contributed by atoms with Crippen LogP contribution in [0.3, 0.4) is 0 Å². The second kappa shape index (κ2) is 12.9. The molecule has 0 bridgehead atoms. The van der Waals surface area contributed by atoms with Gasteiger partial charge in [0.05, 0.1) is 11.7 Å². The molecule has 3 saturated heterocycles. The first-order valence-corrected chi connectivity index (χ1v) is 14.5. The van der Waals surface area contributed by atoms with Crippen molar-refractivity contribution in [3.8, 4) is 0 Å². The highest BCUT2D eigenvalue weighted by Gasteiger charge is 2.36. The molecule has 0 unspecified atom stereocenters. The number of pyridine rings is 1. The molecule has 0 spiro atoms. The molecular formula is C30H40F3N5O2. The Labute approximate surface area is 234 Å². The van der Waals surface area contributed by atoms with Gasteiger partial charge in [0.25, 0.3) is 0 Å². The summed E-state index contributed by atoms with van der Waals surface area (Å²) in [4.78, 5) is 26.2. The van der Waals surface area contributed by atoms with Crippen LogP contribution in [0, 0.1) is 5.92 Å². The maximum Gasteiger partial charge on any atom is 0.416 e. The van der Waals surface area contributed by atoms with Gasteiger partial charge < -0.3 is 14.9 Å². The number of piperazine rings is 1. The summed E-state index contributed by atoms with van der Waals surface area (Å²) in [7, 11) is 0. The number of halogens is 3. The van der Waals surface area contributed by atoms with Crippen LogP contribution in [0.2, 0.25) is 0 Å². The van der Waals surface area contributed by atoms with Crippen molar-refractivity contribution in [3.05, 3.63) is 59.9 Å². The fraction of sp³-hybridized carbons (Fsp3) is 0.600. The van der Waals surface area contributed by atoms with Crippen molar-refractivity contribution in [1.29, 1.82) is 0 Å². The zero-order chi connectivity index (χ0) is 28.1. The van der Waals surface area contributed by atoms with Crippen molar-refractivity contribution in [2.24, 2.45) is 5.92 Å². The molecule has 1 aromatic heterocycles. The Morgan fingerprint density at radius 3 is 2.45 bits per heavy atom. The first-order chi connectivity index (χ1) is 19.3. The molecule has 3 aliphatic rings. The summed E-state index contributed by atoms with van der Waals surface area (Å²) in [5, 5.41) is 9.81. The Bertz CT molecular complexity index is 1100. The fourth-order valence-corrected chi connectivity index (χ4v) is 6.53. The van der Waals surface area contributed by atoms with Crippen LogP contribution < -0.4 is 4.90 Å². The van der Waals surface area contributed by atoms with Crippen LogP contribution in [0.4, 0.5) is 18.9 Å². The summed E-state index contributed by atoms with van der Waals surface area (Å²) in [6.07, 6.45) is 2.63. The quantitative estimate of drug-likeness (QED) is 0.556. The Morgan fingerprint density at radius 2 is 1.75 bits per heavy atom. The lowest BCUT2D eigenvalue weighted by atomic mass is 9.86. The molecule has 0 aliphatic carbocycles. The van der Waals surface area contributed by atoms with Crippen molar-refractivity contribution in [1.82, 2.24) is 19.7 Å². The molecule has 5 rings (SSSR count). The number of likely N-dealkylation sites (tertiary alicyclic amines) is 2. The zero-order valence-corrected chi connectivity index (χ0v) is 23.0. The van der Waals surface area contributed by atoms with Crippen molar-refractivity contribution >= 4 is 11.6 Å². The van der Waals surface area contributed by atoms with Crippen LogP contribution in [-0.2, 0) is 17.5 Å². The van der Waals surface area contributed by atoms with E-state index in [1.807, 2.05) is 22.1 Å². The first-order valence-electron chi connectivity index (χ1n) is 14.5. The molecule has 218 valence electrons. The number of piperidine rings is 2. The molecule has 3 aliphatic heterocycles. The molecule has 4 heterocycles. The second-order valence-electron chi connectivity index (χ2n) is 11.4. The van der Waals surface area contributed by atoms with E-state index >= 15 is 0 Å². The number of carbonyl (C=O) groups is 1. The van der Waals surface area contributed by atoms with E-state index in [0.29, 0.717) is 63.1 Å². The summed E-state index contributed by atoms with van der Waals surface area (Å²) >= 11 is 0. The average Bonchev–Trinajstić information content (AvgIpc) is 2.97. The molecule has 0 saturated carbocycles. The van der Waals surface area contributed by atoms with E-state index in [1.54, 1.807) is 12.3 Å². The first kappa shape index (κ1) is 28.8. The fourth-order valence-electron chi connectivity index (χ4n) is 6.53.